The van der Waals surface area contributed by atoms with E-state index in [1.165, 1.54) is 9.87 Å². The van der Waals surface area contributed by atoms with Gasteiger partial charge in [-0.25, -0.2) is 13.1 Å². The minimum Gasteiger partial charge on any atom is -0.248 e. The van der Waals surface area contributed by atoms with Gasteiger partial charge in [-0.15, -0.1) is 5.10 Å². The lowest BCUT2D eigenvalue weighted by molar-refractivity contribution is 0.240. The van der Waals surface area contributed by atoms with E-state index in [4.69, 9.17) is 0 Å². The zero-order valence-corrected chi connectivity index (χ0v) is 19.4. The van der Waals surface area contributed by atoms with Crippen molar-refractivity contribution < 1.29 is 8.42 Å². The standard InChI is InChI=1S/C21H25BrN4O2S/c1-16-9-11-17(12-10-16)13-25-14-18(23-24-25)15-26(21(2,3)4)29(27,28)20-8-6-5-7-19(20)22/h5-12,14H,13,15H2,1-4H3. The third-order valence-corrected chi connectivity index (χ3v) is 7.63. The molecule has 0 saturated carbocycles. The van der Waals surface area contributed by atoms with Crippen molar-refractivity contribution >= 4 is 26.0 Å². The lowest BCUT2D eigenvalue weighted by atomic mass is 10.1. The van der Waals surface area contributed by atoms with Gasteiger partial charge >= 0.3 is 0 Å². The maximum atomic E-state index is 13.4. The van der Waals surface area contributed by atoms with E-state index in [0.717, 1.165) is 5.56 Å². The number of aromatic nitrogens is 3. The van der Waals surface area contributed by atoms with Crippen LogP contribution >= 0.6 is 15.9 Å². The zero-order chi connectivity index (χ0) is 21.2. The van der Waals surface area contributed by atoms with E-state index in [1.807, 2.05) is 27.7 Å². The Balaban J connectivity index is 1.86. The third-order valence-electron chi connectivity index (χ3n) is 4.51. The maximum Gasteiger partial charge on any atom is 0.245 e. The molecule has 0 aliphatic rings. The second kappa shape index (κ2) is 8.38. The fourth-order valence-corrected chi connectivity index (χ4v) is 5.70. The Morgan fingerprint density at radius 2 is 1.72 bits per heavy atom. The van der Waals surface area contributed by atoms with Crippen molar-refractivity contribution in [1.82, 2.24) is 19.3 Å². The van der Waals surface area contributed by atoms with Gasteiger partial charge in [0.1, 0.15) is 0 Å². The molecule has 0 aliphatic heterocycles. The summed E-state index contributed by atoms with van der Waals surface area (Å²) < 4.78 is 30.5. The highest BCUT2D eigenvalue weighted by atomic mass is 79.9. The summed E-state index contributed by atoms with van der Waals surface area (Å²) >= 11 is 3.36. The molecule has 3 rings (SSSR count). The first kappa shape index (κ1) is 21.7. The number of hydrogen-bond donors (Lipinski definition) is 0. The third kappa shape index (κ3) is 5.12. The van der Waals surface area contributed by atoms with Crippen LogP contribution in [0.2, 0.25) is 0 Å². The second-order valence-corrected chi connectivity index (χ2v) is 10.7. The predicted octanol–water partition coefficient (Wildman–Crippen LogP) is 4.39. The molecule has 1 heterocycles. The first-order chi connectivity index (χ1) is 13.6. The summed E-state index contributed by atoms with van der Waals surface area (Å²) in [5.41, 5.74) is 2.28. The summed E-state index contributed by atoms with van der Waals surface area (Å²) in [7, 11) is -3.73. The van der Waals surface area contributed by atoms with Gasteiger partial charge in [0.15, 0.2) is 0 Å². The molecule has 0 N–H and O–H groups in total. The van der Waals surface area contributed by atoms with Gasteiger partial charge < -0.3 is 0 Å². The second-order valence-electron chi connectivity index (χ2n) is 8.01. The summed E-state index contributed by atoms with van der Waals surface area (Å²) in [6.45, 7) is 8.39. The Kier molecular flexibility index (Phi) is 6.26. The number of halogens is 1. The summed E-state index contributed by atoms with van der Waals surface area (Å²) in [4.78, 5) is 0.238. The first-order valence-electron chi connectivity index (χ1n) is 9.29. The molecule has 0 unspecified atom stereocenters. The van der Waals surface area contributed by atoms with Gasteiger partial charge in [-0.1, -0.05) is 47.2 Å². The first-order valence-corrected chi connectivity index (χ1v) is 11.5. The van der Waals surface area contributed by atoms with Crippen LogP contribution in [0.3, 0.4) is 0 Å². The van der Waals surface area contributed by atoms with Crippen LogP contribution in [0.25, 0.3) is 0 Å². The van der Waals surface area contributed by atoms with Gasteiger partial charge in [0.2, 0.25) is 10.0 Å². The van der Waals surface area contributed by atoms with E-state index in [1.54, 1.807) is 35.1 Å². The van der Waals surface area contributed by atoms with E-state index in [-0.39, 0.29) is 11.4 Å². The fourth-order valence-electron chi connectivity index (χ4n) is 2.97. The Hall–Kier alpha value is -2.03. The molecule has 29 heavy (non-hydrogen) atoms. The zero-order valence-electron chi connectivity index (χ0n) is 17.0. The van der Waals surface area contributed by atoms with Crippen molar-refractivity contribution in [3.8, 4) is 0 Å². The number of aryl methyl sites for hydroxylation is 1. The van der Waals surface area contributed by atoms with Crippen LogP contribution in [0.15, 0.2) is 64.1 Å². The minimum atomic E-state index is -3.73. The van der Waals surface area contributed by atoms with Crippen molar-refractivity contribution in [1.29, 1.82) is 0 Å². The average molecular weight is 477 g/mol. The monoisotopic (exact) mass is 476 g/mol. The summed E-state index contributed by atoms with van der Waals surface area (Å²) in [6.07, 6.45) is 1.80. The van der Waals surface area contributed by atoms with Gasteiger partial charge in [0.25, 0.3) is 0 Å². The van der Waals surface area contributed by atoms with E-state index in [0.29, 0.717) is 16.7 Å². The van der Waals surface area contributed by atoms with Crippen LogP contribution < -0.4 is 0 Å². The molecule has 0 spiro atoms. The minimum absolute atomic E-state index is 0.140. The molecule has 1 aromatic heterocycles. The molecule has 8 heteroatoms. The van der Waals surface area contributed by atoms with Gasteiger partial charge in [0.05, 0.1) is 29.9 Å². The van der Waals surface area contributed by atoms with E-state index < -0.39 is 15.6 Å². The van der Waals surface area contributed by atoms with Crippen molar-refractivity contribution in [2.45, 2.75) is 51.2 Å². The largest absolute Gasteiger partial charge is 0.248 e. The van der Waals surface area contributed by atoms with Crippen LogP contribution in [-0.4, -0.2) is 33.3 Å². The van der Waals surface area contributed by atoms with Crippen LogP contribution in [0.1, 0.15) is 37.6 Å². The quantitative estimate of drug-likeness (QED) is 0.528. The van der Waals surface area contributed by atoms with Crippen molar-refractivity contribution in [2.75, 3.05) is 0 Å². The molecule has 6 nitrogen and oxygen atoms in total. The highest BCUT2D eigenvalue weighted by Crippen LogP contribution is 2.30. The molecule has 0 amide bonds. The van der Waals surface area contributed by atoms with Crippen molar-refractivity contribution in [2.24, 2.45) is 0 Å². The van der Waals surface area contributed by atoms with Gasteiger partial charge in [0, 0.05) is 10.0 Å². The molecule has 0 saturated heterocycles. The molecule has 3 aromatic rings. The Morgan fingerprint density at radius 3 is 2.34 bits per heavy atom. The van der Waals surface area contributed by atoms with E-state index >= 15 is 0 Å². The number of nitrogens with zero attached hydrogens (tertiary/aromatic N) is 4. The molecule has 2 aromatic carbocycles. The van der Waals surface area contributed by atoms with Gasteiger partial charge in [-0.2, -0.15) is 4.31 Å². The maximum absolute atomic E-state index is 13.4. The van der Waals surface area contributed by atoms with Crippen LogP contribution in [-0.2, 0) is 23.1 Å². The number of benzene rings is 2. The highest BCUT2D eigenvalue weighted by Gasteiger charge is 2.35. The molecular weight excluding hydrogens is 452 g/mol. The average Bonchev–Trinajstić information content (AvgIpc) is 3.08. The summed E-state index contributed by atoms with van der Waals surface area (Å²) in [6, 6.07) is 15.1. The van der Waals surface area contributed by atoms with Crippen LogP contribution in [0.4, 0.5) is 0 Å². The SMILES string of the molecule is Cc1ccc(Cn2cc(CN(C(C)(C)C)S(=O)(=O)c3ccccc3Br)nn2)cc1. The Labute approximate surface area is 180 Å². The van der Waals surface area contributed by atoms with Crippen molar-refractivity contribution in [3.05, 3.63) is 76.0 Å². The fraction of sp³-hybridized carbons (Fsp3) is 0.333. The summed E-state index contributed by atoms with van der Waals surface area (Å²) in [5, 5.41) is 8.39. The molecule has 154 valence electrons. The Bertz CT molecular complexity index is 1090. The molecule has 0 fully saturated rings. The predicted molar refractivity (Wildman–Crippen MR) is 117 cm³/mol. The Morgan fingerprint density at radius 1 is 1.07 bits per heavy atom. The number of rotatable bonds is 6. The molecule has 0 bridgehead atoms. The topological polar surface area (TPSA) is 68.1 Å². The highest BCUT2D eigenvalue weighted by molar-refractivity contribution is 9.10. The van der Waals surface area contributed by atoms with Gasteiger partial charge in [-0.05, 0) is 61.3 Å². The number of sulfonamides is 1. The molecule has 0 radical (unpaired) electrons. The van der Waals surface area contributed by atoms with E-state index in [9.17, 15) is 8.42 Å². The van der Waals surface area contributed by atoms with Crippen LogP contribution in [0, 0.1) is 6.92 Å². The lowest BCUT2D eigenvalue weighted by Crippen LogP contribution is -2.45. The lowest BCUT2D eigenvalue weighted by Gasteiger charge is -2.34. The molecular formula is C21H25BrN4O2S. The van der Waals surface area contributed by atoms with Crippen LogP contribution in [0.5, 0.6) is 0 Å². The smallest absolute Gasteiger partial charge is 0.245 e. The summed E-state index contributed by atoms with van der Waals surface area (Å²) in [5.74, 6) is 0. The number of hydrogen-bond acceptors (Lipinski definition) is 4. The van der Waals surface area contributed by atoms with Crippen molar-refractivity contribution in [3.63, 3.8) is 0 Å². The van der Waals surface area contributed by atoms with E-state index in [2.05, 4.69) is 50.5 Å². The van der Waals surface area contributed by atoms with Gasteiger partial charge in [-0.3, -0.25) is 0 Å². The molecule has 0 aliphatic carbocycles. The molecule has 0 atom stereocenters. The normalized spacial score (nSPS) is 12.5.